The van der Waals surface area contributed by atoms with Crippen LogP contribution in [0.15, 0.2) is 84.9 Å². The Morgan fingerprint density at radius 2 is 0.755 bits per heavy atom. The molecule has 2 heterocycles. The summed E-state index contributed by atoms with van der Waals surface area (Å²) >= 11 is 0. The standard InChI is InChI=1S/C46H53BN2/c1-28-16-14-17-29(2)42(28)48-37-22-20-32(44(5,6)7)24-35(37)47-36-25-33(45(8,9)10)21-23-38(36)49(43-30(3)18-15-19-31(43)4)40-27-34(46(11,12)13)26-39(48)41(40)47/h14-27H,1-13H3. The first-order valence-corrected chi connectivity index (χ1v) is 18.1. The molecule has 3 heteroatoms. The summed E-state index contributed by atoms with van der Waals surface area (Å²) in [6.07, 6.45) is 0. The van der Waals surface area contributed by atoms with Crippen LogP contribution in [0.2, 0.25) is 0 Å². The summed E-state index contributed by atoms with van der Waals surface area (Å²) in [5.74, 6) is 0. The highest BCUT2D eigenvalue weighted by Gasteiger charge is 2.45. The molecule has 0 amide bonds. The zero-order valence-electron chi connectivity index (χ0n) is 32.1. The van der Waals surface area contributed by atoms with Crippen LogP contribution in [-0.2, 0) is 16.2 Å². The SMILES string of the molecule is Cc1cccc(C)c1N1c2ccc(C(C)(C)C)cc2B2c3cc(C(C)(C)C)ccc3N(c3c(C)cccc3C)c3cc(C(C)(C)C)cc1c32. The Hall–Kier alpha value is -4.24. The Morgan fingerprint density at radius 3 is 1.08 bits per heavy atom. The normalized spacial score (nSPS) is 14.1. The van der Waals surface area contributed by atoms with Crippen LogP contribution in [0.4, 0.5) is 34.1 Å². The van der Waals surface area contributed by atoms with Gasteiger partial charge in [0, 0.05) is 22.7 Å². The maximum absolute atomic E-state index is 2.61. The summed E-state index contributed by atoms with van der Waals surface area (Å²) in [6.45, 7) is 30.3. The van der Waals surface area contributed by atoms with Crippen molar-refractivity contribution in [2.24, 2.45) is 0 Å². The fraction of sp³-hybridized carbons (Fsp3) is 0.348. The molecule has 0 saturated carbocycles. The maximum Gasteiger partial charge on any atom is 0.252 e. The third-order valence-electron chi connectivity index (χ3n) is 11.0. The van der Waals surface area contributed by atoms with Crippen LogP contribution in [0.3, 0.4) is 0 Å². The fourth-order valence-electron chi connectivity index (χ4n) is 8.17. The van der Waals surface area contributed by atoms with Gasteiger partial charge in [-0.05, 0) is 124 Å². The van der Waals surface area contributed by atoms with Gasteiger partial charge in [0.2, 0.25) is 0 Å². The molecule has 2 aliphatic rings. The lowest BCUT2D eigenvalue weighted by Gasteiger charge is -2.46. The van der Waals surface area contributed by atoms with Gasteiger partial charge in [-0.25, -0.2) is 0 Å². The molecule has 0 N–H and O–H groups in total. The lowest BCUT2D eigenvalue weighted by Crippen LogP contribution is -2.62. The van der Waals surface area contributed by atoms with Gasteiger partial charge in [0.25, 0.3) is 6.71 Å². The zero-order valence-corrected chi connectivity index (χ0v) is 32.1. The molecule has 2 aliphatic heterocycles. The van der Waals surface area contributed by atoms with Gasteiger partial charge in [-0.2, -0.15) is 0 Å². The zero-order chi connectivity index (χ0) is 35.4. The summed E-state index contributed by atoms with van der Waals surface area (Å²) in [5.41, 5.74) is 21.1. The molecule has 7 rings (SSSR count). The number of nitrogens with zero attached hydrogens (tertiary/aromatic N) is 2. The number of para-hydroxylation sites is 2. The minimum Gasteiger partial charge on any atom is -0.311 e. The van der Waals surface area contributed by atoms with Crippen LogP contribution < -0.4 is 26.2 Å². The van der Waals surface area contributed by atoms with Crippen molar-refractivity contribution in [1.82, 2.24) is 0 Å². The topological polar surface area (TPSA) is 6.48 Å². The highest BCUT2D eigenvalue weighted by molar-refractivity contribution is 7.00. The summed E-state index contributed by atoms with van der Waals surface area (Å²) in [5, 5.41) is 0. The van der Waals surface area contributed by atoms with E-state index in [1.807, 2.05) is 0 Å². The number of fused-ring (bicyclic) bond motifs is 4. The lowest BCUT2D eigenvalue weighted by molar-refractivity contribution is 0.590. The maximum atomic E-state index is 2.61. The summed E-state index contributed by atoms with van der Waals surface area (Å²) in [7, 11) is 0. The second kappa shape index (κ2) is 11.1. The van der Waals surface area contributed by atoms with Crippen molar-refractivity contribution in [3.05, 3.63) is 124 Å². The van der Waals surface area contributed by atoms with Crippen molar-refractivity contribution >= 4 is 57.2 Å². The molecule has 2 nitrogen and oxygen atoms in total. The molecule has 0 unspecified atom stereocenters. The molecule has 0 aromatic heterocycles. The molecule has 49 heavy (non-hydrogen) atoms. The van der Waals surface area contributed by atoms with Gasteiger partial charge in [-0.1, -0.05) is 123 Å². The second-order valence-corrected chi connectivity index (χ2v) is 17.8. The molecular weight excluding hydrogens is 591 g/mol. The van der Waals surface area contributed by atoms with Crippen molar-refractivity contribution in [2.75, 3.05) is 9.80 Å². The molecule has 0 spiro atoms. The Bertz CT molecular complexity index is 1950. The van der Waals surface area contributed by atoms with Crippen LogP contribution in [0.5, 0.6) is 0 Å². The molecule has 5 aromatic rings. The average molecular weight is 645 g/mol. The summed E-state index contributed by atoms with van der Waals surface area (Å²) in [4.78, 5) is 5.22. The number of rotatable bonds is 2. The monoisotopic (exact) mass is 644 g/mol. The lowest BCUT2D eigenvalue weighted by atomic mass is 9.33. The van der Waals surface area contributed by atoms with Gasteiger partial charge < -0.3 is 9.80 Å². The van der Waals surface area contributed by atoms with E-state index in [0.29, 0.717) is 0 Å². The smallest absolute Gasteiger partial charge is 0.252 e. The van der Waals surface area contributed by atoms with E-state index in [9.17, 15) is 0 Å². The van der Waals surface area contributed by atoms with E-state index < -0.39 is 0 Å². The molecule has 0 saturated heterocycles. The van der Waals surface area contributed by atoms with E-state index in [-0.39, 0.29) is 23.0 Å². The van der Waals surface area contributed by atoms with Gasteiger partial charge >= 0.3 is 0 Å². The van der Waals surface area contributed by atoms with Crippen LogP contribution in [0, 0.1) is 27.7 Å². The molecule has 0 radical (unpaired) electrons. The minimum atomic E-state index is -0.0489. The molecule has 0 bridgehead atoms. The van der Waals surface area contributed by atoms with E-state index in [0.717, 1.165) is 0 Å². The predicted molar refractivity (Wildman–Crippen MR) is 216 cm³/mol. The molecule has 0 fully saturated rings. The quantitative estimate of drug-likeness (QED) is 0.173. The van der Waals surface area contributed by atoms with Crippen molar-refractivity contribution < 1.29 is 0 Å². The number of hydrogen-bond acceptors (Lipinski definition) is 2. The van der Waals surface area contributed by atoms with Gasteiger partial charge in [0.1, 0.15) is 0 Å². The first kappa shape index (κ1) is 33.3. The molecule has 0 aliphatic carbocycles. The van der Waals surface area contributed by atoms with Crippen molar-refractivity contribution in [2.45, 2.75) is 106 Å². The van der Waals surface area contributed by atoms with E-state index in [4.69, 9.17) is 0 Å². The van der Waals surface area contributed by atoms with Gasteiger partial charge in [0.05, 0.1) is 11.4 Å². The largest absolute Gasteiger partial charge is 0.311 e. The van der Waals surface area contributed by atoms with Gasteiger partial charge in [0.15, 0.2) is 0 Å². The van der Waals surface area contributed by atoms with Crippen molar-refractivity contribution in [1.29, 1.82) is 0 Å². The van der Waals surface area contributed by atoms with Crippen LogP contribution in [0.1, 0.15) is 101 Å². The number of hydrogen-bond donors (Lipinski definition) is 0. The molecule has 250 valence electrons. The van der Waals surface area contributed by atoms with Crippen LogP contribution in [0.25, 0.3) is 0 Å². The number of benzene rings is 5. The first-order chi connectivity index (χ1) is 22.9. The second-order valence-electron chi connectivity index (χ2n) is 17.8. The summed E-state index contributed by atoms with van der Waals surface area (Å²) in [6, 6.07) is 33.1. The van der Waals surface area contributed by atoms with Gasteiger partial charge in [-0.3, -0.25) is 0 Å². The van der Waals surface area contributed by atoms with E-state index >= 15 is 0 Å². The number of aryl methyl sites for hydroxylation is 4. The highest BCUT2D eigenvalue weighted by Crippen LogP contribution is 2.48. The van der Waals surface area contributed by atoms with Crippen LogP contribution in [-0.4, -0.2) is 6.71 Å². The van der Waals surface area contributed by atoms with E-state index in [1.54, 1.807) is 0 Å². The Morgan fingerprint density at radius 1 is 0.408 bits per heavy atom. The van der Waals surface area contributed by atoms with E-state index in [1.165, 1.54) is 89.5 Å². The fourth-order valence-corrected chi connectivity index (χ4v) is 8.17. The third kappa shape index (κ3) is 5.32. The Balaban J connectivity index is 1.70. The molecular formula is C46H53BN2. The summed E-state index contributed by atoms with van der Waals surface area (Å²) < 4.78 is 0. The van der Waals surface area contributed by atoms with Crippen molar-refractivity contribution in [3.63, 3.8) is 0 Å². The predicted octanol–water partition coefficient (Wildman–Crippen LogP) is 10.9. The average Bonchev–Trinajstić information content (AvgIpc) is 3.00. The molecule has 5 aromatic carbocycles. The van der Waals surface area contributed by atoms with E-state index in [2.05, 4.69) is 185 Å². The highest BCUT2D eigenvalue weighted by atomic mass is 15.2. The van der Waals surface area contributed by atoms with Crippen molar-refractivity contribution in [3.8, 4) is 0 Å². The Labute approximate surface area is 296 Å². The first-order valence-electron chi connectivity index (χ1n) is 18.1. The minimum absolute atomic E-state index is 0.0205. The molecule has 0 atom stereocenters. The van der Waals surface area contributed by atoms with Gasteiger partial charge in [-0.15, -0.1) is 0 Å². The van der Waals surface area contributed by atoms with Crippen LogP contribution >= 0.6 is 0 Å². The Kier molecular flexibility index (Phi) is 7.56. The third-order valence-corrected chi connectivity index (χ3v) is 11.0. The number of anilines is 6.